The maximum Gasteiger partial charge on any atom is 0.308 e. The molecule has 0 bridgehead atoms. The van der Waals surface area contributed by atoms with Gasteiger partial charge in [0.05, 0.1) is 19.1 Å². The molecular weight excluding hydrogens is 170 g/mol. The van der Waals surface area contributed by atoms with Crippen molar-refractivity contribution in [2.24, 2.45) is 5.73 Å². The highest BCUT2D eigenvalue weighted by molar-refractivity contribution is 5.70. The van der Waals surface area contributed by atoms with Gasteiger partial charge in [0.1, 0.15) is 0 Å². The summed E-state index contributed by atoms with van der Waals surface area (Å²) in [4.78, 5) is 10.9. The Morgan fingerprint density at radius 3 is 2.85 bits per heavy atom. The summed E-state index contributed by atoms with van der Waals surface area (Å²) in [5.41, 5.74) is 5.54. The first-order valence-electron chi connectivity index (χ1n) is 4.32. The van der Waals surface area contributed by atoms with Gasteiger partial charge in [-0.15, -0.1) is 6.58 Å². The highest BCUT2D eigenvalue weighted by atomic mass is 16.5. The molecule has 0 saturated heterocycles. The predicted molar refractivity (Wildman–Crippen MR) is 50.0 cm³/mol. The van der Waals surface area contributed by atoms with Crippen LogP contribution >= 0.6 is 0 Å². The van der Waals surface area contributed by atoms with Gasteiger partial charge in [-0.1, -0.05) is 6.08 Å². The van der Waals surface area contributed by atoms with Crippen LogP contribution in [0.15, 0.2) is 12.7 Å². The molecule has 0 radical (unpaired) electrons. The molecule has 13 heavy (non-hydrogen) atoms. The Kier molecular flexibility index (Phi) is 6.18. The van der Waals surface area contributed by atoms with E-state index in [0.29, 0.717) is 13.0 Å². The van der Waals surface area contributed by atoms with E-state index in [9.17, 15) is 9.90 Å². The van der Waals surface area contributed by atoms with E-state index in [2.05, 4.69) is 11.3 Å². The van der Waals surface area contributed by atoms with Crippen LogP contribution in [0.25, 0.3) is 0 Å². The minimum absolute atomic E-state index is 0.0527. The summed E-state index contributed by atoms with van der Waals surface area (Å²) in [7, 11) is 0. The van der Waals surface area contributed by atoms with Crippen LogP contribution in [0.5, 0.6) is 0 Å². The van der Waals surface area contributed by atoms with Gasteiger partial charge in [-0.2, -0.15) is 0 Å². The van der Waals surface area contributed by atoms with E-state index in [1.807, 2.05) is 0 Å². The summed E-state index contributed by atoms with van der Waals surface area (Å²) in [6.07, 6.45) is 1.19. The largest absolute Gasteiger partial charge is 0.466 e. The van der Waals surface area contributed by atoms with Crippen molar-refractivity contribution in [1.29, 1.82) is 0 Å². The van der Waals surface area contributed by atoms with Gasteiger partial charge in [0.15, 0.2) is 0 Å². The number of ether oxygens (including phenoxy) is 1. The second-order valence-electron chi connectivity index (χ2n) is 2.76. The molecule has 0 aliphatic carbocycles. The number of carbonyl (C=O) groups is 1. The Labute approximate surface area is 78.4 Å². The Balaban J connectivity index is 3.77. The van der Waals surface area contributed by atoms with Crippen LogP contribution in [-0.4, -0.2) is 29.8 Å². The fourth-order valence-corrected chi connectivity index (χ4v) is 0.892. The number of hydrogen-bond donors (Lipinski definition) is 2. The van der Waals surface area contributed by atoms with Gasteiger partial charge in [-0.25, -0.2) is 0 Å². The smallest absolute Gasteiger partial charge is 0.308 e. The summed E-state index contributed by atoms with van der Waals surface area (Å²) in [5, 5.41) is 9.37. The monoisotopic (exact) mass is 187 g/mol. The number of aliphatic hydroxyl groups is 1. The van der Waals surface area contributed by atoms with E-state index in [0.717, 1.165) is 0 Å². The minimum Gasteiger partial charge on any atom is -0.466 e. The number of esters is 1. The molecule has 0 amide bonds. The third kappa shape index (κ3) is 5.38. The number of rotatable bonds is 6. The van der Waals surface area contributed by atoms with Gasteiger partial charge in [0.25, 0.3) is 0 Å². The fraction of sp³-hybridized carbons (Fsp3) is 0.667. The molecule has 2 atom stereocenters. The van der Waals surface area contributed by atoms with E-state index >= 15 is 0 Å². The number of carbonyl (C=O) groups excluding carboxylic acids is 1. The Morgan fingerprint density at radius 2 is 2.38 bits per heavy atom. The van der Waals surface area contributed by atoms with Crippen LogP contribution in [0.1, 0.15) is 19.8 Å². The molecule has 0 aliphatic rings. The van der Waals surface area contributed by atoms with E-state index in [-0.39, 0.29) is 6.42 Å². The zero-order chi connectivity index (χ0) is 10.3. The van der Waals surface area contributed by atoms with E-state index in [1.54, 1.807) is 13.0 Å². The van der Waals surface area contributed by atoms with Crippen molar-refractivity contribution in [3.05, 3.63) is 12.7 Å². The van der Waals surface area contributed by atoms with Crippen molar-refractivity contribution < 1.29 is 14.6 Å². The minimum atomic E-state index is -0.850. The predicted octanol–water partition coefficient (Wildman–Crippen LogP) is 0.204. The number of hydrogen-bond acceptors (Lipinski definition) is 4. The lowest BCUT2D eigenvalue weighted by molar-refractivity contribution is -0.145. The Hall–Kier alpha value is -0.870. The van der Waals surface area contributed by atoms with Gasteiger partial charge in [0, 0.05) is 6.04 Å². The maximum absolute atomic E-state index is 10.9. The summed E-state index contributed by atoms with van der Waals surface area (Å²) < 4.78 is 4.66. The van der Waals surface area contributed by atoms with E-state index in [1.165, 1.54) is 0 Å². The molecule has 0 saturated carbocycles. The number of aliphatic hydroxyl groups excluding tert-OH is 1. The lowest BCUT2D eigenvalue weighted by Crippen LogP contribution is -2.36. The topological polar surface area (TPSA) is 72.5 Å². The zero-order valence-electron chi connectivity index (χ0n) is 7.90. The molecular formula is C9H17NO3. The second kappa shape index (κ2) is 6.62. The molecule has 0 fully saturated rings. The highest BCUT2D eigenvalue weighted by Gasteiger charge is 2.17. The normalized spacial score (nSPS) is 14.7. The van der Waals surface area contributed by atoms with E-state index in [4.69, 9.17) is 5.73 Å². The van der Waals surface area contributed by atoms with Crippen LogP contribution in [-0.2, 0) is 9.53 Å². The molecule has 0 rings (SSSR count). The summed E-state index contributed by atoms with van der Waals surface area (Å²) in [6.45, 7) is 5.53. The maximum atomic E-state index is 10.9. The molecule has 0 aromatic carbocycles. The van der Waals surface area contributed by atoms with Crippen LogP contribution in [0, 0.1) is 0 Å². The quantitative estimate of drug-likeness (QED) is 0.460. The molecule has 0 aliphatic heterocycles. The molecule has 2 unspecified atom stereocenters. The van der Waals surface area contributed by atoms with Crippen LogP contribution < -0.4 is 5.73 Å². The average Bonchev–Trinajstić information content (AvgIpc) is 2.05. The molecule has 4 nitrogen and oxygen atoms in total. The van der Waals surface area contributed by atoms with Crippen molar-refractivity contribution in [1.82, 2.24) is 0 Å². The summed E-state index contributed by atoms with van der Waals surface area (Å²) >= 11 is 0. The Morgan fingerprint density at radius 1 is 1.77 bits per heavy atom. The van der Waals surface area contributed by atoms with E-state index < -0.39 is 18.1 Å². The molecule has 4 heteroatoms. The lowest BCUT2D eigenvalue weighted by Gasteiger charge is -2.15. The third-order valence-corrected chi connectivity index (χ3v) is 1.61. The van der Waals surface area contributed by atoms with Crippen molar-refractivity contribution in [2.45, 2.75) is 31.9 Å². The SMILES string of the molecule is C=CCC(N)C(O)CC(=O)OCC. The molecule has 0 aromatic rings. The van der Waals surface area contributed by atoms with Crippen LogP contribution in [0.3, 0.4) is 0 Å². The molecule has 3 N–H and O–H groups in total. The first kappa shape index (κ1) is 12.1. The summed E-state index contributed by atoms with van der Waals surface area (Å²) in [5.74, 6) is -0.422. The number of nitrogens with two attached hydrogens (primary N) is 1. The standard InChI is InChI=1S/C9H17NO3/c1-3-5-7(10)8(11)6-9(12)13-4-2/h3,7-8,11H,1,4-6,10H2,2H3. The van der Waals surface area contributed by atoms with Gasteiger partial charge in [0.2, 0.25) is 0 Å². The molecule has 0 spiro atoms. The molecule has 0 heterocycles. The third-order valence-electron chi connectivity index (χ3n) is 1.61. The first-order valence-corrected chi connectivity index (χ1v) is 4.32. The molecule has 76 valence electrons. The van der Waals surface area contributed by atoms with Gasteiger partial charge >= 0.3 is 5.97 Å². The summed E-state index contributed by atoms with van der Waals surface area (Å²) in [6, 6.07) is -0.443. The Bertz CT molecular complexity index is 170. The van der Waals surface area contributed by atoms with Crippen molar-refractivity contribution in [3.8, 4) is 0 Å². The fourth-order valence-electron chi connectivity index (χ4n) is 0.892. The molecule has 0 aromatic heterocycles. The van der Waals surface area contributed by atoms with Crippen molar-refractivity contribution >= 4 is 5.97 Å². The van der Waals surface area contributed by atoms with Crippen LogP contribution in [0.4, 0.5) is 0 Å². The highest BCUT2D eigenvalue weighted by Crippen LogP contribution is 2.02. The zero-order valence-corrected chi connectivity index (χ0v) is 7.90. The van der Waals surface area contributed by atoms with Crippen molar-refractivity contribution in [2.75, 3.05) is 6.61 Å². The van der Waals surface area contributed by atoms with Gasteiger partial charge in [-0.3, -0.25) is 4.79 Å². The lowest BCUT2D eigenvalue weighted by atomic mass is 10.1. The van der Waals surface area contributed by atoms with Crippen molar-refractivity contribution in [3.63, 3.8) is 0 Å². The average molecular weight is 187 g/mol. The van der Waals surface area contributed by atoms with Crippen LogP contribution in [0.2, 0.25) is 0 Å². The first-order chi connectivity index (χ1) is 6.11. The van der Waals surface area contributed by atoms with Gasteiger partial charge in [-0.05, 0) is 13.3 Å². The van der Waals surface area contributed by atoms with Gasteiger partial charge < -0.3 is 15.6 Å². The second-order valence-corrected chi connectivity index (χ2v) is 2.76.